The van der Waals surface area contributed by atoms with Gasteiger partial charge in [0.05, 0.1) is 12.2 Å². The van der Waals surface area contributed by atoms with Crippen LogP contribution in [0, 0.1) is 0 Å². The minimum atomic E-state index is -4.80. The minimum Gasteiger partial charge on any atom is -0.449 e. The van der Waals surface area contributed by atoms with Gasteiger partial charge in [0.25, 0.3) is 5.56 Å². The summed E-state index contributed by atoms with van der Waals surface area (Å²) in [4.78, 5) is 36.5. The number of ether oxygens (including phenoxy) is 1. The molecule has 2 aromatic rings. The summed E-state index contributed by atoms with van der Waals surface area (Å²) in [5, 5.41) is 0. The monoisotopic (exact) mass is 493 g/mol. The van der Waals surface area contributed by atoms with Crippen LogP contribution >= 0.6 is 0 Å². The molecule has 0 spiro atoms. The number of hydrogen-bond acceptors (Lipinski definition) is 6. The van der Waals surface area contributed by atoms with Gasteiger partial charge in [-0.2, -0.15) is 26.3 Å². The summed E-state index contributed by atoms with van der Waals surface area (Å²) in [6, 6.07) is 0.0165. The summed E-state index contributed by atoms with van der Waals surface area (Å²) < 4.78 is 81.9. The number of alkyl halides is 6. The number of nitrogens with one attached hydrogen (secondary N) is 1. The van der Waals surface area contributed by atoms with Gasteiger partial charge in [-0.25, -0.2) is 14.8 Å². The first kappa shape index (κ1) is 25.3. The van der Waals surface area contributed by atoms with Crippen molar-refractivity contribution in [2.24, 2.45) is 0 Å². The minimum absolute atomic E-state index is 0.0456. The molecule has 1 saturated heterocycles. The fraction of sp³-hybridized carbons (Fsp3) is 0.500. The Bertz CT molecular complexity index is 1060. The highest BCUT2D eigenvalue weighted by atomic mass is 19.4. The molecule has 34 heavy (non-hydrogen) atoms. The predicted octanol–water partition coefficient (Wildman–Crippen LogP) is 3.48. The second-order valence-electron chi connectivity index (χ2n) is 7.89. The molecule has 1 aliphatic heterocycles. The van der Waals surface area contributed by atoms with E-state index in [0.29, 0.717) is 18.5 Å². The van der Waals surface area contributed by atoms with E-state index in [9.17, 15) is 35.9 Å². The van der Waals surface area contributed by atoms with Crippen LogP contribution in [-0.4, -0.2) is 57.7 Å². The van der Waals surface area contributed by atoms with E-state index < -0.39 is 35.1 Å². The van der Waals surface area contributed by atoms with Crippen molar-refractivity contribution in [1.82, 2.24) is 19.9 Å². The molecule has 2 aromatic heterocycles. The van der Waals surface area contributed by atoms with Crippen molar-refractivity contribution in [1.29, 1.82) is 0 Å². The van der Waals surface area contributed by atoms with E-state index >= 15 is 0 Å². The van der Waals surface area contributed by atoms with E-state index in [1.807, 2.05) is 4.98 Å². The Morgan fingerprint density at radius 3 is 2.21 bits per heavy atom. The summed E-state index contributed by atoms with van der Waals surface area (Å²) in [5.74, 6) is 0.0968. The molecule has 8 nitrogen and oxygen atoms in total. The summed E-state index contributed by atoms with van der Waals surface area (Å²) in [6.07, 6.45) is -7.57. The lowest BCUT2D eigenvalue weighted by Crippen LogP contribution is -2.58. The van der Waals surface area contributed by atoms with Gasteiger partial charge >= 0.3 is 18.4 Å². The highest BCUT2D eigenvalue weighted by Gasteiger charge is 2.36. The zero-order valence-electron chi connectivity index (χ0n) is 18.1. The lowest BCUT2D eigenvalue weighted by atomic mass is 10.1. The summed E-state index contributed by atoms with van der Waals surface area (Å²) in [7, 11) is 0. The number of rotatable bonds is 4. The molecular formula is C20H21F6N5O3. The number of hydrogen-bond donors (Lipinski definition) is 1. The molecule has 1 aliphatic rings. The Balaban J connectivity index is 1.57. The Morgan fingerprint density at radius 1 is 1.09 bits per heavy atom. The van der Waals surface area contributed by atoms with Crippen LogP contribution in [0.5, 0.6) is 0 Å². The number of anilines is 1. The van der Waals surface area contributed by atoms with Gasteiger partial charge in [-0.15, -0.1) is 0 Å². The zero-order chi connectivity index (χ0) is 25.3. The maximum atomic E-state index is 12.8. The average Bonchev–Trinajstić information content (AvgIpc) is 2.73. The summed E-state index contributed by atoms with van der Waals surface area (Å²) in [5.41, 5.74) is -3.42. The van der Waals surface area contributed by atoms with E-state index in [1.165, 1.54) is 4.90 Å². The molecule has 0 aliphatic carbocycles. The first-order valence-corrected chi connectivity index (χ1v) is 10.2. The van der Waals surface area contributed by atoms with Crippen molar-refractivity contribution in [3.63, 3.8) is 0 Å². The predicted molar refractivity (Wildman–Crippen MR) is 107 cm³/mol. The topological polar surface area (TPSA) is 91.4 Å². The Morgan fingerprint density at radius 2 is 1.68 bits per heavy atom. The highest BCUT2D eigenvalue weighted by Crippen LogP contribution is 2.30. The van der Waals surface area contributed by atoms with Gasteiger partial charge in [0.1, 0.15) is 5.56 Å². The smallest absolute Gasteiger partial charge is 0.421 e. The summed E-state index contributed by atoms with van der Waals surface area (Å²) in [6.45, 7) is 3.62. The maximum Gasteiger partial charge on any atom is 0.421 e. The van der Waals surface area contributed by atoms with Gasteiger partial charge < -0.3 is 19.5 Å². The fourth-order valence-electron chi connectivity index (χ4n) is 3.70. The number of H-pyrrole nitrogens is 1. The van der Waals surface area contributed by atoms with Gasteiger partial charge in [-0.3, -0.25) is 4.79 Å². The first-order valence-electron chi connectivity index (χ1n) is 10.2. The Kier molecular flexibility index (Phi) is 7.07. The Hall–Kier alpha value is -3.32. The molecular weight excluding hydrogens is 472 g/mol. The molecule has 1 amide bonds. The molecule has 3 heterocycles. The van der Waals surface area contributed by atoms with Gasteiger partial charge in [0.2, 0.25) is 5.95 Å². The van der Waals surface area contributed by atoms with Crippen molar-refractivity contribution in [3.8, 4) is 0 Å². The SMILES string of the molecule is C[C@@H]1CN(C(=O)OCCc2c[nH]c(=O)c(C(F)(F)F)c2)C[C@H](C)N1c1ncc(C(F)(F)F)cn1. The molecule has 0 radical (unpaired) electrons. The number of aromatic amines is 1. The second kappa shape index (κ2) is 9.50. The number of aromatic nitrogens is 3. The van der Waals surface area contributed by atoms with Crippen molar-refractivity contribution in [2.75, 3.05) is 24.6 Å². The fourth-order valence-corrected chi connectivity index (χ4v) is 3.70. The van der Waals surface area contributed by atoms with Crippen LogP contribution in [0.4, 0.5) is 37.1 Å². The van der Waals surface area contributed by atoms with Gasteiger partial charge in [0.15, 0.2) is 0 Å². The van der Waals surface area contributed by atoms with E-state index in [0.717, 1.165) is 6.20 Å². The van der Waals surface area contributed by atoms with E-state index in [1.54, 1.807) is 18.7 Å². The molecule has 0 unspecified atom stereocenters. The molecule has 3 rings (SSSR count). The number of pyridine rings is 1. The quantitative estimate of drug-likeness (QED) is 0.656. The second-order valence-corrected chi connectivity index (χ2v) is 7.89. The van der Waals surface area contributed by atoms with Crippen molar-refractivity contribution in [3.05, 3.63) is 51.7 Å². The van der Waals surface area contributed by atoms with Crippen LogP contribution in [0.15, 0.2) is 29.5 Å². The van der Waals surface area contributed by atoms with Crippen molar-refractivity contribution >= 4 is 12.0 Å². The van der Waals surface area contributed by atoms with E-state index in [4.69, 9.17) is 4.74 Å². The van der Waals surface area contributed by atoms with Crippen LogP contribution in [0.1, 0.15) is 30.5 Å². The Labute approximate surface area is 189 Å². The van der Waals surface area contributed by atoms with Crippen LogP contribution < -0.4 is 10.5 Å². The van der Waals surface area contributed by atoms with Crippen molar-refractivity contribution in [2.45, 2.75) is 44.7 Å². The number of piperazine rings is 1. The van der Waals surface area contributed by atoms with E-state index in [-0.39, 0.29) is 49.7 Å². The molecule has 14 heteroatoms. The summed E-state index contributed by atoms with van der Waals surface area (Å²) >= 11 is 0. The number of carbonyl (C=O) groups is 1. The highest BCUT2D eigenvalue weighted by molar-refractivity contribution is 5.68. The van der Waals surface area contributed by atoms with Crippen LogP contribution in [0.25, 0.3) is 0 Å². The van der Waals surface area contributed by atoms with Gasteiger partial charge in [-0.1, -0.05) is 0 Å². The number of amides is 1. The third-order valence-electron chi connectivity index (χ3n) is 5.26. The first-order chi connectivity index (χ1) is 15.8. The zero-order valence-corrected chi connectivity index (χ0v) is 18.1. The van der Waals surface area contributed by atoms with E-state index in [2.05, 4.69) is 9.97 Å². The van der Waals surface area contributed by atoms with Gasteiger partial charge in [0, 0.05) is 50.2 Å². The molecule has 0 aromatic carbocycles. The number of nitrogens with zero attached hydrogens (tertiary/aromatic N) is 4. The maximum absolute atomic E-state index is 12.8. The van der Waals surface area contributed by atoms with Gasteiger partial charge in [-0.05, 0) is 25.5 Å². The third kappa shape index (κ3) is 5.78. The molecule has 1 N–H and O–H groups in total. The normalized spacial score (nSPS) is 19.3. The molecule has 186 valence electrons. The molecule has 2 atom stereocenters. The standard InChI is InChI=1S/C20H21F6N5O3/c1-11-9-30(10-12(2)31(11)17-28-7-14(8-29-17)19(21,22)23)18(33)34-4-3-13-5-15(20(24,25)26)16(32)27-6-13/h5-8,11-12H,3-4,9-10H2,1-2H3,(H,27,32)/t11-,12+. The molecule has 0 bridgehead atoms. The lowest BCUT2D eigenvalue weighted by molar-refractivity contribution is -0.139. The lowest BCUT2D eigenvalue weighted by Gasteiger charge is -2.43. The van der Waals surface area contributed by atoms with Crippen LogP contribution in [0.3, 0.4) is 0 Å². The molecule has 0 saturated carbocycles. The number of carbonyl (C=O) groups excluding carboxylic acids is 1. The van der Waals surface area contributed by atoms with Crippen LogP contribution in [0.2, 0.25) is 0 Å². The van der Waals surface area contributed by atoms with Crippen LogP contribution in [-0.2, 0) is 23.5 Å². The van der Waals surface area contributed by atoms with Crippen molar-refractivity contribution < 1.29 is 35.9 Å². The average molecular weight is 493 g/mol. The number of halogens is 6. The largest absolute Gasteiger partial charge is 0.449 e. The molecule has 1 fully saturated rings. The third-order valence-corrected chi connectivity index (χ3v) is 5.26.